The first-order valence-electron chi connectivity index (χ1n) is 11.1. The molecular weight excluding hydrogens is 607 g/mol. The zero-order valence-corrected chi connectivity index (χ0v) is 21.9. The van der Waals surface area contributed by atoms with Crippen molar-refractivity contribution in [1.82, 2.24) is 9.97 Å². The van der Waals surface area contributed by atoms with E-state index in [1.807, 2.05) is 73.7 Å². The topological polar surface area (TPSA) is 25.8 Å². The number of hydrogen-bond acceptors (Lipinski definition) is 2. The molecule has 2 aromatic heterocycles. The Hall–Kier alpha value is -3.79. The normalized spacial score (nSPS) is 9.74. The van der Waals surface area contributed by atoms with Gasteiger partial charge in [0.15, 0.2) is 0 Å². The molecule has 0 unspecified atom stereocenters. The molecule has 0 N–H and O–H groups in total. The van der Waals surface area contributed by atoms with Crippen molar-refractivity contribution in [1.29, 1.82) is 0 Å². The third kappa shape index (κ3) is 7.09. The summed E-state index contributed by atoms with van der Waals surface area (Å²) in [5, 5.41) is 0. The second-order valence-electron chi connectivity index (χ2n) is 7.97. The maximum Gasteiger partial charge on any atom is 2.00 e. The quantitative estimate of drug-likeness (QED) is 0.152. The summed E-state index contributed by atoms with van der Waals surface area (Å²) in [6.07, 6.45) is 8.56. The molecule has 2 nitrogen and oxygen atoms in total. The molecule has 3 heteroatoms. The van der Waals surface area contributed by atoms with E-state index in [0.717, 1.165) is 33.8 Å². The fourth-order valence-electron chi connectivity index (χ4n) is 3.42. The van der Waals surface area contributed by atoms with Crippen LogP contribution in [0.1, 0.15) is 16.7 Å². The van der Waals surface area contributed by atoms with E-state index < -0.39 is 0 Å². The van der Waals surface area contributed by atoms with Gasteiger partial charge in [-0.25, -0.2) is 0 Å². The Morgan fingerprint density at radius 1 is 0.686 bits per heavy atom. The van der Waals surface area contributed by atoms with Gasteiger partial charge in [0, 0.05) is 6.20 Å². The molecule has 172 valence electrons. The Balaban J connectivity index is 0.000000291. The van der Waals surface area contributed by atoms with Crippen LogP contribution in [0.3, 0.4) is 0 Å². The predicted molar refractivity (Wildman–Crippen MR) is 139 cm³/mol. The van der Waals surface area contributed by atoms with Crippen molar-refractivity contribution in [3.05, 3.63) is 139 Å². The Morgan fingerprint density at radius 3 is 1.94 bits per heavy atom. The summed E-state index contributed by atoms with van der Waals surface area (Å²) in [6, 6.07) is 37.5. The predicted octanol–water partition coefficient (Wildman–Crippen LogP) is 7.52. The number of hydrogen-bond donors (Lipinski definition) is 0. The van der Waals surface area contributed by atoms with Crippen LogP contribution in [-0.2, 0) is 21.1 Å². The number of pyridine rings is 2. The number of aryl methyl sites for hydroxylation is 2. The fourth-order valence-corrected chi connectivity index (χ4v) is 3.42. The van der Waals surface area contributed by atoms with Crippen LogP contribution in [0.25, 0.3) is 33.8 Å². The molecule has 0 saturated heterocycles. The van der Waals surface area contributed by atoms with Gasteiger partial charge in [-0.2, -0.15) is 0 Å². The maximum atomic E-state index is 6.76. The SMILES string of the molecule is Cc1ccc(-c2cc(-c3[c-]cccc3)nc(-c3ccccn3)c2)cc1.[C-]#Cc1ccc(C)cc1.[Pt+2]. The summed E-state index contributed by atoms with van der Waals surface area (Å²) in [5.74, 6) is 2.30. The monoisotopic (exact) mass is 631 g/mol. The number of benzene rings is 3. The van der Waals surface area contributed by atoms with E-state index in [1.54, 1.807) is 6.20 Å². The second-order valence-corrected chi connectivity index (χ2v) is 7.97. The molecule has 0 radical (unpaired) electrons. The maximum absolute atomic E-state index is 6.76. The van der Waals surface area contributed by atoms with Crippen molar-refractivity contribution in [2.75, 3.05) is 0 Å². The summed E-state index contributed by atoms with van der Waals surface area (Å²) >= 11 is 0. The molecule has 0 aliphatic rings. The van der Waals surface area contributed by atoms with E-state index in [-0.39, 0.29) is 21.1 Å². The van der Waals surface area contributed by atoms with E-state index >= 15 is 0 Å². The van der Waals surface area contributed by atoms with Crippen molar-refractivity contribution in [2.45, 2.75) is 13.8 Å². The zero-order chi connectivity index (χ0) is 23.8. The average molecular weight is 632 g/mol. The van der Waals surface area contributed by atoms with Crippen molar-refractivity contribution < 1.29 is 21.1 Å². The molecular formula is C32H24N2Pt. The molecule has 5 aromatic rings. The molecule has 35 heavy (non-hydrogen) atoms. The van der Waals surface area contributed by atoms with Gasteiger partial charge in [0.05, 0.1) is 11.4 Å². The van der Waals surface area contributed by atoms with Gasteiger partial charge in [0.2, 0.25) is 0 Å². The third-order valence-corrected chi connectivity index (χ3v) is 5.32. The van der Waals surface area contributed by atoms with Crippen LogP contribution < -0.4 is 0 Å². The van der Waals surface area contributed by atoms with Crippen molar-refractivity contribution in [3.63, 3.8) is 0 Å². The molecule has 0 aliphatic heterocycles. The fraction of sp³-hybridized carbons (Fsp3) is 0.0625. The molecule has 0 amide bonds. The van der Waals surface area contributed by atoms with Gasteiger partial charge in [-0.1, -0.05) is 59.7 Å². The second kappa shape index (κ2) is 12.6. The smallest absolute Gasteiger partial charge is 0.366 e. The van der Waals surface area contributed by atoms with E-state index in [9.17, 15) is 0 Å². The Morgan fingerprint density at radius 2 is 1.34 bits per heavy atom. The van der Waals surface area contributed by atoms with Gasteiger partial charge in [0.25, 0.3) is 0 Å². The van der Waals surface area contributed by atoms with E-state index in [1.165, 1.54) is 16.7 Å². The third-order valence-electron chi connectivity index (χ3n) is 5.32. The van der Waals surface area contributed by atoms with Crippen molar-refractivity contribution in [2.24, 2.45) is 0 Å². The summed E-state index contributed by atoms with van der Waals surface area (Å²) in [6.45, 7) is 4.12. The average Bonchev–Trinajstić information content (AvgIpc) is 2.91. The van der Waals surface area contributed by atoms with Crippen LogP contribution >= 0.6 is 0 Å². The van der Waals surface area contributed by atoms with Gasteiger partial charge in [-0.15, -0.1) is 53.6 Å². The van der Waals surface area contributed by atoms with E-state index in [0.29, 0.717) is 0 Å². The van der Waals surface area contributed by atoms with Gasteiger partial charge < -0.3 is 6.42 Å². The van der Waals surface area contributed by atoms with Crippen LogP contribution in [0, 0.1) is 32.3 Å². The zero-order valence-electron chi connectivity index (χ0n) is 19.6. The number of aromatic nitrogens is 2. The first kappa shape index (κ1) is 25.8. The molecule has 0 fully saturated rings. The molecule has 3 aromatic carbocycles. The van der Waals surface area contributed by atoms with Gasteiger partial charge in [-0.3, -0.25) is 15.9 Å². The van der Waals surface area contributed by atoms with E-state index in [4.69, 9.17) is 11.4 Å². The molecule has 0 spiro atoms. The Kier molecular flexibility index (Phi) is 9.30. The largest absolute Gasteiger partial charge is 2.00 e. The summed E-state index contributed by atoms with van der Waals surface area (Å²) in [5.41, 5.74) is 9.21. The summed E-state index contributed by atoms with van der Waals surface area (Å²) < 4.78 is 0. The molecule has 5 rings (SSSR count). The van der Waals surface area contributed by atoms with Crippen LogP contribution in [0.2, 0.25) is 0 Å². The van der Waals surface area contributed by atoms with E-state index in [2.05, 4.69) is 60.3 Å². The van der Waals surface area contributed by atoms with Crippen LogP contribution in [0.4, 0.5) is 0 Å². The number of rotatable bonds is 3. The summed E-state index contributed by atoms with van der Waals surface area (Å²) in [4.78, 5) is 9.28. The van der Waals surface area contributed by atoms with Crippen LogP contribution in [0.15, 0.2) is 109 Å². The minimum Gasteiger partial charge on any atom is -0.366 e. The van der Waals surface area contributed by atoms with Gasteiger partial charge >= 0.3 is 21.1 Å². The minimum atomic E-state index is 0. The van der Waals surface area contributed by atoms with Crippen molar-refractivity contribution in [3.8, 4) is 39.7 Å². The summed E-state index contributed by atoms with van der Waals surface area (Å²) in [7, 11) is 0. The molecule has 0 aliphatic carbocycles. The number of nitrogens with zero attached hydrogens (tertiary/aromatic N) is 2. The van der Waals surface area contributed by atoms with Gasteiger partial charge in [0.1, 0.15) is 0 Å². The van der Waals surface area contributed by atoms with Crippen LogP contribution in [0.5, 0.6) is 0 Å². The Bertz CT molecular complexity index is 1330. The molecule has 0 saturated carbocycles. The van der Waals surface area contributed by atoms with Crippen LogP contribution in [-0.4, -0.2) is 9.97 Å². The molecule has 2 heterocycles. The molecule has 0 bridgehead atoms. The first-order valence-corrected chi connectivity index (χ1v) is 11.1. The first-order chi connectivity index (χ1) is 16.6. The minimum absolute atomic E-state index is 0. The molecule has 0 atom stereocenters. The Labute approximate surface area is 222 Å². The van der Waals surface area contributed by atoms with Gasteiger partial charge in [-0.05, 0) is 48.9 Å². The van der Waals surface area contributed by atoms with Crippen molar-refractivity contribution >= 4 is 0 Å². The standard InChI is InChI=1S/C23H17N2.C9H7.Pt/c1-17-10-12-18(13-11-17)20-15-22(19-7-3-2-4-8-19)25-23(16-20)21-9-5-6-14-24-21;1-3-9-6-4-8(2)5-7-9;/h2-7,9-16H,1H3;4-7H,2H3;/q2*-1;+2.